The van der Waals surface area contributed by atoms with Gasteiger partial charge in [0.25, 0.3) is 5.91 Å². The van der Waals surface area contributed by atoms with Crippen LogP contribution in [0.15, 0.2) is 48.5 Å². The number of carbonyl (C=O) groups excluding carboxylic acids is 5. The van der Waals surface area contributed by atoms with Gasteiger partial charge < -0.3 is 40.4 Å². The maximum Gasteiger partial charge on any atom is 0.255 e. The number of para-hydroxylation sites is 1. The fourth-order valence-electron chi connectivity index (χ4n) is 5.55. The summed E-state index contributed by atoms with van der Waals surface area (Å²) in [6.07, 6.45) is 0.994. The molecular formula is C34H45N5O8. The molecule has 0 saturated carbocycles. The predicted octanol–water partition coefficient (Wildman–Crippen LogP) is 1.80. The second kappa shape index (κ2) is 16.7. The van der Waals surface area contributed by atoms with E-state index in [1.807, 2.05) is 13.8 Å². The van der Waals surface area contributed by atoms with E-state index in [4.69, 9.17) is 14.2 Å². The number of nitrogens with one attached hydrogen (secondary N) is 4. The number of rotatable bonds is 7. The molecule has 2 aliphatic rings. The van der Waals surface area contributed by atoms with Gasteiger partial charge in [-0.3, -0.25) is 24.0 Å². The molecule has 0 bridgehead atoms. The van der Waals surface area contributed by atoms with Crippen molar-refractivity contribution in [2.45, 2.75) is 70.6 Å². The monoisotopic (exact) mass is 651 g/mol. The summed E-state index contributed by atoms with van der Waals surface area (Å²) < 4.78 is 16.8. The van der Waals surface area contributed by atoms with Crippen LogP contribution in [-0.2, 0) is 19.2 Å². The Bertz CT molecular complexity index is 1420. The molecule has 2 aliphatic heterocycles. The highest BCUT2D eigenvalue weighted by Crippen LogP contribution is 2.22. The van der Waals surface area contributed by atoms with Gasteiger partial charge in [-0.25, -0.2) is 0 Å². The lowest BCUT2D eigenvalue weighted by Crippen LogP contribution is -2.56. The summed E-state index contributed by atoms with van der Waals surface area (Å²) in [5, 5.41) is 11.3. The largest absolute Gasteiger partial charge is 0.497 e. The van der Waals surface area contributed by atoms with Crippen LogP contribution in [0, 0.1) is 5.92 Å². The zero-order chi connectivity index (χ0) is 33.9. The number of carbonyl (C=O) groups is 5. The molecule has 0 aliphatic carbocycles. The van der Waals surface area contributed by atoms with Crippen molar-refractivity contribution in [2.24, 2.45) is 5.92 Å². The van der Waals surface area contributed by atoms with Gasteiger partial charge in [-0.05, 0) is 68.5 Å². The van der Waals surface area contributed by atoms with E-state index < -0.39 is 41.9 Å². The number of benzene rings is 2. The van der Waals surface area contributed by atoms with Crippen molar-refractivity contribution in [1.82, 2.24) is 26.2 Å². The van der Waals surface area contributed by atoms with Gasteiger partial charge in [0.05, 0.1) is 25.3 Å². The Hall–Kier alpha value is -4.81. The van der Waals surface area contributed by atoms with Crippen LogP contribution in [0.1, 0.15) is 56.8 Å². The Balaban J connectivity index is 1.52. The molecule has 0 radical (unpaired) electrons. The van der Waals surface area contributed by atoms with Crippen LogP contribution in [0.25, 0.3) is 0 Å². The molecule has 0 spiro atoms. The first-order valence-electron chi connectivity index (χ1n) is 16.0. The van der Waals surface area contributed by atoms with E-state index in [9.17, 15) is 24.0 Å². The first-order chi connectivity index (χ1) is 22.6. The van der Waals surface area contributed by atoms with Crippen molar-refractivity contribution in [3.8, 4) is 17.2 Å². The van der Waals surface area contributed by atoms with E-state index in [2.05, 4.69) is 21.3 Å². The molecule has 4 rings (SSSR count). The quantitative estimate of drug-likeness (QED) is 0.329. The number of hydrogen-bond donors (Lipinski definition) is 4. The highest BCUT2D eigenvalue weighted by molar-refractivity contribution is 6.00. The molecule has 4 atom stereocenters. The highest BCUT2D eigenvalue weighted by Gasteiger charge is 2.37. The lowest BCUT2D eigenvalue weighted by atomic mass is 10.0. The number of hydrogen-bond acceptors (Lipinski definition) is 8. The Labute approximate surface area is 275 Å². The Kier molecular flexibility index (Phi) is 12.4. The van der Waals surface area contributed by atoms with E-state index in [0.717, 1.165) is 0 Å². The van der Waals surface area contributed by atoms with Gasteiger partial charge in [0, 0.05) is 13.0 Å². The SMILES string of the molecule is COc1ccc(OCCNC(=O)[C@@H]2CCC(=O)N3CCC[C@H]3C(=O)N[C@H](C(C)C)C(=O)N[C@@H](C)COc3ccccc3C(=O)N2)cc1. The molecule has 2 aromatic rings. The summed E-state index contributed by atoms with van der Waals surface area (Å²) in [7, 11) is 1.57. The van der Waals surface area contributed by atoms with Crippen molar-refractivity contribution < 1.29 is 38.2 Å². The molecule has 2 heterocycles. The summed E-state index contributed by atoms with van der Waals surface area (Å²) in [6, 6.07) is 10.5. The molecule has 47 heavy (non-hydrogen) atoms. The van der Waals surface area contributed by atoms with Crippen LogP contribution < -0.4 is 35.5 Å². The number of fused-ring (bicyclic) bond motifs is 2. The van der Waals surface area contributed by atoms with Crippen LogP contribution >= 0.6 is 0 Å². The van der Waals surface area contributed by atoms with Crippen molar-refractivity contribution in [3.05, 3.63) is 54.1 Å². The lowest BCUT2D eigenvalue weighted by Gasteiger charge is -2.29. The molecule has 1 fully saturated rings. The van der Waals surface area contributed by atoms with E-state index in [1.54, 1.807) is 62.6 Å². The zero-order valence-electron chi connectivity index (χ0n) is 27.4. The summed E-state index contributed by atoms with van der Waals surface area (Å²) in [5.41, 5.74) is 0.200. The lowest BCUT2D eigenvalue weighted by molar-refractivity contribution is -0.140. The van der Waals surface area contributed by atoms with Gasteiger partial charge in [0.2, 0.25) is 23.6 Å². The molecule has 13 nitrogen and oxygen atoms in total. The van der Waals surface area contributed by atoms with Crippen LogP contribution in [0.5, 0.6) is 17.2 Å². The van der Waals surface area contributed by atoms with Crippen LogP contribution in [0.4, 0.5) is 0 Å². The summed E-state index contributed by atoms with van der Waals surface area (Å²) >= 11 is 0. The van der Waals surface area contributed by atoms with Gasteiger partial charge in [0.1, 0.15) is 48.6 Å². The minimum absolute atomic E-state index is 0.00232. The third-order valence-corrected chi connectivity index (χ3v) is 8.13. The smallest absolute Gasteiger partial charge is 0.255 e. The van der Waals surface area contributed by atoms with Gasteiger partial charge in [-0.15, -0.1) is 0 Å². The molecule has 0 unspecified atom stereocenters. The molecular weight excluding hydrogens is 606 g/mol. The average Bonchev–Trinajstić information content (AvgIpc) is 3.56. The highest BCUT2D eigenvalue weighted by atomic mass is 16.5. The molecule has 2 aromatic carbocycles. The first-order valence-corrected chi connectivity index (χ1v) is 16.0. The van der Waals surface area contributed by atoms with Crippen molar-refractivity contribution in [1.29, 1.82) is 0 Å². The Morgan fingerprint density at radius 2 is 1.70 bits per heavy atom. The molecule has 254 valence electrons. The minimum Gasteiger partial charge on any atom is -0.497 e. The van der Waals surface area contributed by atoms with Gasteiger partial charge >= 0.3 is 0 Å². The molecule has 1 saturated heterocycles. The average molecular weight is 652 g/mol. The topological polar surface area (TPSA) is 164 Å². The fourth-order valence-corrected chi connectivity index (χ4v) is 5.55. The van der Waals surface area contributed by atoms with Gasteiger partial charge in [-0.2, -0.15) is 0 Å². The van der Waals surface area contributed by atoms with Crippen LogP contribution in [-0.4, -0.2) is 92.0 Å². The van der Waals surface area contributed by atoms with E-state index >= 15 is 0 Å². The second-order valence-electron chi connectivity index (χ2n) is 12.1. The Morgan fingerprint density at radius 1 is 0.979 bits per heavy atom. The maximum atomic E-state index is 13.5. The fraction of sp³-hybridized carbons (Fsp3) is 0.500. The molecule has 4 N–H and O–H groups in total. The van der Waals surface area contributed by atoms with E-state index in [0.29, 0.717) is 30.9 Å². The third kappa shape index (κ3) is 9.60. The summed E-state index contributed by atoms with van der Waals surface area (Å²) in [4.78, 5) is 68.4. The van der Waals surface area contributed by atoms with E-state index in [1.165, 1.54) is 4.90 Å². The number of ether oxygens (including phenoxy) is 3. The molecule has 0 aromatic heterocycles. The predicted molar refractivity (Wildman–Crippen MR) is 173 cm³/mol. The Morgan fingerprint density at radius 3 is 2.43 bits per heavy atom. The van der Waals surface area contributed by atoms with Crippen molar-refractivity contribution >= 4 is 29.5 Å². The standard InChI is InChI=1S/C34H45N5O8/c1-21(2)30-34(44)36-22(3)20-47-28-10-6-5-8-25(28)31(41)37-26(15-16-29(40)39-18-7-9-27(39)33(43)38-30)32(42)35-17-19-46-24-13-11-23(45-4)12-14-24/h5-6,8,10-14,21-22,26-27,30H,7,9,15-20H2,1-4H3,(H,35,42)(H,36,44)(H,37,41)(H,38,43)/t22-,26-,27-,30+/m0/s1. The maximum absolute atomic E-state index is 13.5. The normalized spacial score (nSPS) is 22.8. The third-order valence-electron chi connectivity index (χ3n) is 8.13. The number of amides is 5. The molecule has 13 heteroatoms. The summed E-state index contributed by atoms with van der Waals surface area (Å²) in [6.45, 7) is 6.18. The van der Waals surface area contributed by atoms with E-state index in [-0.39, 0.29) is 61.6 Å². The number of nitrogens with zero attached hydrogens (tertiary/aromatic N) is 1. The number of methoxy groups -OCH3 is 1. The zero-order valence-corrected chi connectivity index (χ0v) is 27.4. The van der Waals surface area contributed by atoms with Crippen molar-refractivity contribution in [3.63, 3.8) is 0 Å². The second-order valence-corrected chi connectivity index (χ2v) is 12.1. The van der Waals surface area contributed by atoms with Crippen LogP contribution in [0.3, 0.4) is 0 Å². The van der Waals surface area contributed by atoms with Crippen LogP contribution in [0.2, 0.25) is 0 Å². The minimum atomic E-state index is -1.06. The van der Waals surface area contributed by atoms with Crippen molar-refractivity contribution in [2.75, 3.05) is 33.4 Å². The first kappa shape index (κ1) is 35.1. The summed E-state index contributed by atoms with van der Waals surface area (Å²) in [5.74, 6) is -0.777. The molecule has 5 amide bonds. The van der Waals surface area contributed by atoms with Gasteiger partial charge in [-0.1, -0.05) is 26.0 Å². The van der Waals surface area contributed by atoms with Gasteiger partial charge in [0.15, 0.2) is 0 Å².